The Morgan fingerprint density at radius 2 is 1.94 bits per heavy atom. The van der Waals surface area contributed by atoms with Crippen molar-refractivity contribution in [3.8, 4) is 0 Å². The molecule has 0 aliphatic carbocycles. The van der Waals surface area contributed by atoms with Crippen LogP contribution in [0.4, 0.5) is 4.39 Å². The van der Waals surface area contributed by atoms with E-state index in [4.69, 9.17) is 0 Å². The Kier molecular flexibility index (Phi) is 7.52. The summed E-state index contributed by atoms with van der Waals surface area (Å²) in [5, 5.41) is 3.22. The van der Waals surface area contributed by atoms with Crippen molar-refractivity contribution in [3.05, 3.63) is 34.1 Å². The molecule has 0 radical (unpaired) electrons. The summed E-state index contributed by atoms with van der Waals surface area (Å²) >= 11 is 3.40. The quantitative estimate of drug-likeness (QED) is 0.649. The van der Waals surface area contributed by atoms with Gasteiger partial charge >= 0.3 is 0 Å². The summed E-state index contributed by atoms with van der Waals surface area (Å²) in [4.78, 5) is 0. The summed E-state index contributed by atoms with van der Waals surface area (Å²) in [7, 11) is 1.90. The maximum absolute atomic E-state index is 13.8. The summed E-state index contributed by atoms with van der Waals surface area (Å²) in [5.41, 5.74) is 0.766. The van der Waals surface area contributed by atoms with Gasteiger partial charge in [-0.25, -0.2) is 4.39 Å². The first kappa shape index (κ1) is 15.6. The molecule has 0 fully saturated rings. The number of nitrogens with one attached hydrogen (secondary N) is 1. The van der Waals surface area contributed by atoms with Crippen LogP contribution in [0.25, 0.3) is 0 Å². The first-order chi connectivity index (χ1) is 8.69. The van der Waals surface area contributed by atoms with Gasteiger partial charge < -0.3 is 5.32 Å². The van der Waals surface area contributed by atoms with Crippen LogP contribution in [0.15, 0.2) is 22.7 Å². The Hall–Kier alpha value is -0.410. The Labute approximate surface area is 118 Å². The van der Waals surface area contributed by atoms with E-state index in [0.29, 0.717) is 0 Å². The molecule has 1 aromatic rings. The molecule has 0 spiro atoms. The topological polar surface area (TPSA) is 12.0 Å². The summed E-state index contributed by atoms with van der Waals surface area (Å²) in [5.74, 6) is -0.119. The molecule has 1 N–H and O–H groups in total. The lowest BCUT2D eigenvalue weighted by Crippen LogP contribution is -2.17. The van der Waals surface area contributed by atoms with Crippen LogP contribution < -0.4 is 5.32 Å². The van der Waals surface area contributed by atoms with Gasteiger partial charge in [-0.3, -0.25) is 0 Å². The molecule has 0 heterocycles. The van der Waals surface area contributed by atoms with Crippen molar-refractivity contribution in [2.24, 2.45) is 0 Å². The summed E-state index contributed by atoms with van der Waals surface area (Å²) < 4.78 is 14.7. The summed E-state index contributed by atoms with van der Waals surface area (Å²) in [6, 6.07) is 5.26. The fourth-order valence-electron chi connectivity index (χ4n) is 2.19. The third-order valence-corrected chi connectivity index (χ3v) is 3.77. The molecular formula is C15H23BrFN. The fourth-order valence-corrected chi connectivity index (χ4v) is 2.57. The fraction of sp³-hybridized carbons (Fsp3) is 0.600. The van der Waals surface area contributed by atoms with Crippen molar-refractivity contribution in [1.29, 1.82) is 0 Å². The van der Waals surface area contributed by atoms with Gasteiger partial charge in [-0.2, -0.15) is 0 Å². The van der Waals surface area contributed by atoms with Gasteiger partial charge in [-0.1, -0.05) is 55.0 Å². The first-order valence-electron chi connectivity index (χ1n) is 6.81. The average Bonchev–Trinajstić information content (AvgIpc) is 2.37. The molecule has 1 nitrogen and oxygen atoms in total. The van der Waals surface area contributed by atoms with E-state index in [1.165, 1.54) is 31.7 Å². The molecule has 0 amide bonds. The molecule has 0 saturated carbocycles. The van der Waals surface area contributed by atoms with E-state index in [1.807, 2.05) is 13.1 Å². The lowest BCUT2D eigenvalue weighted by molar-refractivity contribution is 0.477. The third kappa shape index (κ3) is 5.07. The van der Waals surface area contributed by atoms with E-state index < -0.39 is 0 Å². The SMILES string of the molecule is CCCCCCCC(NC)c1cc(Br)ccc1F. The number of rotatable bonds is 8. The lowest BCUT2D eigenvalue weighted by Gasteiger charge is -2.17. The van der Waals surface area contributed by atoms with Crippen LogP contribution in [0.5, 0.6) is 0 Å². The second-order valence-corrected chi connectivity index (χ2v) is 5.63. The van der Waals surface area contributed by atoms with Crippen LogP contribution in [0.1, 0.15) is 57.1 Å². The van der Waals surface area contributed by atoms with Crippen molar-refractivity contribution in [2.75, 3.05) is 7.05 Å². The zero-order valence-corrected chi connectivity index (χ0v) is 12.9. The van der Waals surface area contributed by atoms with E-state index in [-0.39, 0.29) is 11.9 Å². The molecule has 0 saturated heterocycles. The highest BCUT2D eigenvalue weighted by Crippen LogP contribution is 2.25. The number of halogens is 2. The van der Waals surface area contributed by atoms with E-state index in [9.17, 15) is 4.39 Å². The van der Waals surface area contributed by atoms with Crippen LogP contribution in [0.2, 0.25) is 0 Å². The van der Waals surface area contributed by atoms with Crippen LogP contribution in [-0.2, 0) is 0 Å². The minimum absolute atomic E-state index is 0.115. The number of hydrogen-bond donors (Lipinski definition) is 1. The Morgan fingerprint density at radius 1 is 1.22 bits per heavy atom. The van der Waals surface area contributed by atoms with Crippen LogP contribution in [0.3, 0.4) is 0 Å². The van der Waals surface area contributed by atoms with Gasteiger partial charge in [-0.05, 0) is 31.7 Å². The second-order valence-electron chi connectivity index (χ2n) is 4.71. The van der Waals surface area contributed by atoms with Gasteiger partial charge in [0.05, 0.1) is 0 Å². The van der Waals surface area contributed by atoms with Crippen molar-refractivity contribution >= 4 is 15.9 Å². The molecule has 0 aliphatic heterocycles. The van der Waals surface area contributed by atoms with E-state index in [2.05, 4.69) is 28.2 Å². The Morgan fingerprint density at radius 3 is 2.61 bits per heavy atom. The monoisotopic (exact) mass is 315 g/mol. The van der Waals surface area contributed by atoms with Crippen LogP contribution in [0, 0.1) is 5.82 Å². The smallest absolute Gasteiger partial charge is 0.128 e. The van der Waals surface area contributed by atoms with Crippen molar-refractivity contribution in [2.45, 2.75) is 51.5 Å². The highest BCUT2D eigenvalue weighted by molar-refractivity contribution is 9.10. The standard InChI is InChI=1S/C15H23BrFN/c1-3-4-5-6-7-8-15(18-2)13-11-12(16)9-10-14(13)17/h9-11,15,18H,3-8H2,1-2H3. The molecule has 1 aromatic carbocycles. The number of unbranched alkanes of at least 4 members (excludes halogenated alkanes) is 4. The number of hydrogen-bond acceptors (Lipinski definition) is 1. The zero-order valence-electron chi connectivity index (χ0n) is 11.3. The van der Waals surface area contributed by atoms with Crippen molar-refractivity contribution < 1.29 is 4.39 Å². The first-order valence-corrected chi connectivity index (χ1v) is 7.60. The van der Waals surface area contributed by atoms with E-state index >= 15 is 0 Å². The molecule has 102 valence electrons. The van der Waals surface area contributed by atoms with Gasteiger partial charge in [0.2, 0.25) is 0 Å². The van der Waals surface area contributed by atoms with Crippen LogP contribution >= 0.6 is 15.9 Å². The zero-order chi connectivity index (χ0) is 13.4. The lowest BCUT2D eigenvalue weighted by atomic mass is 9.99. The average molecular weight is 316 g/mol. The maximum atomic E-state index is 13.8. The largest absolute Gasteiger partial charge is 0.313 e. The molecule has 0 bridgehead atoms. The van der Waals surface area contributed by atoms with Gasteiger partial charge in [0.15, 0.2) is 0 Å². The van der Waals surface area contributed by atoms with E-state index in [1.54, 1.807) is 6.07 Å². The Bertz CT molecular complexity index is 354. The van der Waals surface area contributed by atoms with Gasteiger partial charge in [0.25, 0.3) is 0 Å². The molecule has 1 unspecified atom stereocenters. The highest BCUT2D eigenvalue weighted by Gasteiger charge is 2.13. The van der Waals surface area contributed by atoms with E-state index in [0.717, 1.165) is 22.9 Å². The molecule has 1 atom stereocenters. The summed E-state index contributed by atoms with van der Waals surface area (Å²) in [6.07, 6.45) is 7.23. The second kappa shape index (κ2) is 8.65. The molecule has 18 heavy (non-hydrogen) atoms. The maximum Gasteiger partial charge on any atom is 0.128 e. The predicted octanol–water partition coefficient (Wildman–Crippen LogP) is 5.21. The van der Waals surface area contributed by atoms with Crippen molar-refractivity contribution in [3.63, 3.8) is 0 Å². The molecule has 3 heteroatoms. The van der Waals surface area contributed by atoms with Crippen LogP contribution in [-0.4, -0.2) is 7.05 Å². The molecule has 1 rings (SSSR count). The predicted molar refractivity (Wildman–Crippen MR) is 79.3 cm³/mol. The minimum Gasteiger partial charge on any atom is -0.313 e. The van der Waals surface area contributed by atoms with Gasteiger partial charge in [0, 0.05) is 16.1 Å². The molecular weight excluding hydrogens is 293 g/mol. The highest BCUT2D eigenvalue weighted by atomic mass is 79.9. The minimum atomic E-state index is -0.119. The summed E-state index contributed by atoms with van der Waals surface area (Å²) in [6.45, 7) is 2.22. The number of benzene rings is 1. The third-order valence-electron chi connectivity index (χ3n) is 3.28. The Balaban J connectivity index is 2.52. The van der Waals surface area contributed by atoms with Crippen molar-refractivity contribution in [1.82, 2.24) is 5.32 Å². The van der Waals surface area contributed by atoms with Gasteiger partial charge in [-0.15, -0.1) is 0 Å². The van der Waals surface area contributed by atoms with Gasteiger partial charge in [0.1, 0.15) is 5.82 Å². The molecule has 0 aromatic heterocycles. The molecule has 0 aliphatic rings. The normalized spacial score (nSPS) is 12.7.